The second kappa shape index (κ2) is 8.55. The molecule has 1 fully saturated rings. The van der Waals surface area contributed by atoms with E-state index in [0.29, 0.717) is 0 Å². The van der Waals surface area contributed by atoms with Crippen molar-refractivity contribution >= 4 is 0 Å². The summed E-state index contributed by atoms with van der Waals surface area (Å²) in [6.45, 7) is 12.7. The van der Waals surface area contributed by atoms with Crippen molar-refractivity contribution in [1.29, 1.82) is 0 Å². The number of likely N-dealkylation sites (tertiary alicyclic amines) is 1. The molecule has 0 aromatic heterocycles. The Labute approximate surface area is 130 Å². The van der Waals surface area contributed by atoms with Crippen molar-refractivity contribution in [3.8, 4) is 0 Å². The smallest absolute Gasteiger partial charge is 0.0233 e. The summed E-state index contributed by atoms with van der Waals surface area (Å²) in [6.07, 6.45) is 3.88. The van der Waals surface area contributed by atoms with Crippen molar-refractivity contribution in [3.05, 3.63) is 35.4 Å². The molecule has 0 amide bonds. The Balaban J connectivity index is 1.76. The second-order valence-electron chi connectivity index (χ2n) is 6.78. The molecule has 1 saturated heterocycles. The highest BCUT2D eigenvalue weighted by Crippen LogP contribution is 2.25. The first-order valence-corrected chi connectivity index (χ1v) is 8.70. The first-order chi connectivity index (χ1) is 10.2. The zero-order chi connectivity index (χ0) is 15.1. The van der Waals surface area contributed by atoms with E-state index in [9.17, 15) is 0 Å². The van der Waals surface area contributed by atoms with Crippen molar-refractivity contribution < 1.29 is 0 Å². The van der Waals surface area contributed by atoms with Gasteiger partial charge in [-0.15, -0.1) is 0 Å². The molecule has 1 heterocycles. The van der Waals surface area contributed by atoms with E-state index < -0.39 is 0 Å². The van der Waals surface area contributed by atoms with Gasteiger partial charge in [-0.3, -0.25) is 4.90 Å². The first kappa shape index (κ1) is 16.5. The van der Waals surface area contributed by atoms with Gasteiger partial charge in [0.2, 0.25) is 0 Å². The Morgan fingerprint density at radius 1 is 1.10 bits per heavy atom. The molecule has 0 unspecified atom stereocenters. The fourth-order valence-corrected chi connectivity index (χ4v) is 3.26. The molecule has 1 aliphatic rings. The highest BCUT2D eigenvalue weighted by Gasteiger charge is 2.21. The van der Waals surface area contributed by atoms with Gasteiger partial charge in [-0.25, -0.2) is 0 Å². The van der Waals surface area contributed by atoms with E-state index in [1.807, 2.05) is 0 Å². The Hall–Kier alpha value is -0.860. The topological polar surface area (TPSA) is 15.3 Å². The predicted octanol–water partition coefficient (Wildman–Crippen LogP) is 3.71. The van der Waals surface area contributed by atoms with Crippen LogP contribution in [0.1, 0.15) is 44.7 Å². The maximum absolute atomic E-state index is 3.38. The van der Waals surface area contributed by atoms with Crippen molar-refractivity contribution in [2.45, 2.75) is 46.6 Å². The molecule has 0 saturated carbocycles. The van der Waals surface area contributed by atoms with Gasteiger partial charge in [0.1, 0.15) is 0 Å². The van der Waals surface area contributed by atoms with Gasteiger partial charge < -0.3 is 5.32 Å². The van der Waals surface area contributed by atoms with E-state index in [2.05, 4.69) is 55.3 Å². The van der Waals surface area contributed by atoms with E-state index in [4.69, 9.17) is 0 Å². The molecule has 118 valence electrons. The van der Waals surface area contributed by atoms with Crippen molar-refractivity contribution in [2.24, 2.45) is 11.8 Å². The zero-order valence-electron chi connectivity index (χ0n) is 14.1. The van der Waals surface area contributed by atoms with E-state index >= 15 is 0 Å². The Kier molecular flexibility index (Phi) is 6.72. The lowest BCUT2D eigenvalue weighted by molar-refractivity contribution is 0.152. The number of benzene rings is 1. The van der Waals surface area contributed by atoms with E-state index in [-0.39, 0.29) is 0 Å². The molecule has 0 bridgehead atoms. The van der Waals surface area contributed by atoms with Crippen LogP contribution < -0.4 is 5.32 Å². The minimum absolute atomic E-state index is 0.850. The SMILES string of the molecule is CCNCCc1ccc(CN2CCC(C(C)C)CC2)cc1. The predicted molar refractivity (Wildman–Crippen MR) is 91.5 cm³/mol. The third-order valence-corrected chi connectivity index (χ3v) is 4.84. The number of nitrogens with zero attached hydrogens (tertiary/aromatic N) is 1. The van der Waals surface area contributed by atoms with Gasteiger partial charge in [-0.05, 0) is 68.4 Å². The van der Waals surface area contributed by atoms with E-state index in [0.717, 1.165) is 37.9 Å². The molecule has 2 heteroatoms. The molecule has 2 nitrogen and oxygen atoms in total. The van der Waals surface area contributed by atoms with Crippen molar-refractivity contribution in [2.75, 3.05) is 26.2 Å². The normalized spacial score (nSPS) is 17.5. The minimum atomic E-state index is 0.850. The van der Waals surface area contributed by atoms with Crippen LogP contribution >= 0.6 is 0 Å². The number of piperidine rings is 1. The van der Waals surface area contributed by atoms with Gasteiger partial charge in [0.05, 0.1) is 0 Å². The van der Waals surface area contributed by atoms with Crippen molar-refractivity contribution in [3.63, 3.8) is 0 Å². The molecule has 1 N–H and O–H groups in total. The monoisotopic (exact) mass is 288 g/mol. The largest absolute Gasteiger partial charge is 0.317 e. The van der Waals surface area contributed by atoms with Crippen LogP contribution in [-0.4, -0.2) is 31.1 Å². The van der Waals surface area contributed by atoms with Crippen LogP contribution in [0.15, 0.2) is 24.3 Å². The van der Waals surface area contributed by atoms with Crippen molar-refractivity contribution in [1.82, 2.24) is 10.2 Å². The quantitative estimate of drug-likeness (QED) is 0.770. The maximum Gasteiger partial charge on any atom is 0.0233 e. The molecule has 1 aliphatic heterocycles. The molecular formula is C19H32N2. The summed E-state index contributed by atoms with van der Waals surface area (Å²) in [5.41, 5.74) is 2.91. The molecular weight excluding hydrogens is 256 g/mol. The number of likely N-dealkylation sites (N-methyl/N-ethyl adjacent to an activating group) is 1. The van der Waals surface area contributed by atoms with Gasteiger partial charge in [0, 0.05) is 6.54 Å². The lowest BCUT2D eigenvalue weighted by Gasteiger charge is -2.33. The summed E-state index contributed by atoms with van der Waals surface area (Å²) in [5.74, 6) is 1.79. The fraction of sp³-hybridized carbons (Fsp3) is 0.684. The van der Waals surface area contributed by atoms with Gasteiger partial charge in [0.15, 0.2) is 0 Å². The van der Waals surface area contributed by atoms with Crippen LogP contribution in [0.25, 0.3) is 0 Å². The highest BCUT2D eigenvalue weighted by molar-refractivity contribution is 5.22. The average molecular weight is 288 g/mol. The van der Waals surface area contributed by atoms with Gasteiger partial charge in [0.25, 0.3) is 0 Å². The lowest BCUT2D eigenvalue weighted by atomic mass is 9.86. The zero-order valence-corrected chi connectivity index (χ0v) is 14.1. The summed E-state index contributed by atoms with van der Waals surface area (Å²) in [4.78, 5) is 2.62. The number of nitrogens with one attached hydrogen (secondary N) is 1. The van der Waals surface area contributed by atoms with E-state index in [1.165, 1.54) is 37.1 Å². The third-order valence-electron chi connectivity index (χ3n) is 4.84. The standard InChI is InChI=1S/C19H32N2/c1-4-20-12-9-17-5-7-18(8-6-17)15-21-13-10-19(11-14-21)16(2)3/h5-8,16,19-20H,4,9-15H2,1-3H3. The molecule has 0 radical (unpaired) electrons. The fourth-order valence-electron chi connectivity index (χ4n) is 3.26. The van der Waals surface area contributed by atoms with E-state index in [1.54, 1.807) is 0 Å². The van der Waals surface area contributed by atoms with Crippen LogP contribution in [0.4, 0.5) is 0 Å². The van der Waals surface area contributed by atoms with Gasteiger partial charge in [-0.2, -0.15) is 0 Å². The molecule has 0 spiro atoms. The van der Waals surface area contributed by atoms with Crippen LogP contribution in [0.2, 0.25) is 0 Å². The molecule has 1 aromatic rings. The van der Waals surface area contributed by atoms with Crippen LogP contribution in [-0.2, 0) is 13.0 Å². The van der Waals surface area contributed by atoms with Crippen LogP contribution in [0, 0.1) is 11.8 Å². The molecule has 21 heavy (non-hydrogen) atoms. The minimum Gasteiger partial charge on any atom is -0.317 e. The second-order valence-corrected chi connectivity index (χ2v) is 6.78. The molecule has 0 aliphatic carbocycles. The number of hydrogen-bond donors (Lipinski definition) is 1. The summed E-state index contributed by atoms with van der Waals surface area (Å²) in [6, 6.07) is 9.23. The highest BCUT2D eigenvalue weighted by atomic mass is 15.1. The molecule has 2 rings (SSSR count). The Morgan fingerprint density at radius 3 is 2.29 bits per heavy atom. The first-order valence-electron chi connectivity index (χ1n) is 8.70. The van der Waals surface area contributed by atoms with Crippen LogP contribution in [0.5, 0.6) is 0 Å². The summed E-state index contributed by atoms with van der Waals surface area (Å²) in [7, 11) is 0. The Bertz CT molecular complexity index is 389. The molecule has 0 atom stereocenters. The van der Waals surface area contributed by atoms with Gasteiger partial charge >= 0.3 is 0 Å². The molecule has 1 aromatic carbocycles. The number of rotatable bonds is 7. The summed E-state index contributed by atoms with van der Waals surface area (Å²) in [5, 5.41) is 3.38. The Morgan fingerprint density at radius 2 is 1.71 bits per heavy atom. The maximum atomic E-state index is 3.38. The lowest BCUT2D eigenvalue weighted by Crippen LogP contribution is -2.34. The summed E-state index contributed by atoms with van der Waals surface area (Å²) < 4.78 is 0. The van der Waals surface area contributed by atoms with Gasteiger partial charge in [-0.1, -0.05) is 45.0 Å². The third kappa shape index (κ3) is 5.44. The van der Waals surface area contributed by atoms with Crippen LogP contribution in [0.3, 0.4) is 0 Å². The average Bonchev–Trinajstić information content (AvgIpc) is 2.50. The summed E-state index contributed by atoms with van der Waals surface area (Å²) >= 11 is 0. The number of hydrogen-bond acceptors (Lipinski definition) is 2.